The van der Waals surface area contributed by atoms with Gasteiger partial charge in [-0.1, -0.05) is 12.1 Å². The average Bonchev–Trinajstić information content (AvgIpc) is 2.43. The summed E-state index contributed by atoms with van der Waals surface area (Å²) in [5, 5.41) is 0. The number of benzene rings is 1. The van der Waals surface area contributed by atoms with Gasteiger partial charge in [0, 0.05) is 38.8 Å². The highest BCUT2D eigenvalue weighted by molar-refractivity contribution is 5.27. The first-order valence-electron chi connectivity index (χ1n) is 7.07. The van der Waals surface area contributed by atoms with Crippen molar-refractivity contribution >= 4 is 0 Å². The van der Waals surface area contributed by atoms with Gasteiger partial charge in [0.1, 0.15) is 5.75 Å². The molecule has 0 bridgehead atoms. The summed E-state index contributed by atoms with van der Waals surface area (Å²) in [5.74, 6) is 0.944. The van der Waals surface area contributed by atoms with Gasteiger partial charge in [0.2, 0.25) is 0 Å². The second-order valence-corrected chi connectivity index (χ2v) is 5.20. The van der Waals surface area contributed by atoms with Gasteiger partial charge in [-0.25, -0.2) is 0 Å². The van der Waals surface area contributed by atoms with Gasteiger partial charge in [-0.15, -0.1) is 0 Å². The first-order chi connectivity index (χ1) is 9.22. The van der Waals surface area contributed by atoms with Crippen LogP contribution in [-0.2, 0) is 6.54 Å². The van der Waals surface area contributed by atoms with Crippen LogP contribution in [0.25, 0.3) is 0 Å². The Labute approximate surface area is 116 Å². The number of piperazine rings is 1. The van der Waals surface area contributed by atoms with E-state index in [1.165, 1.54) is 5.56 Å². The third kappa shape index (κ3) is 3.93. The number of rotatable bonds is 5. The first-order valence-corrected chi connectivity index (χ1v) is 7.07. The summed E-state index contributed by atoms with van der Waals surface area (Å²) in [6.45, 7) is 7.69. The number of hydrogen-bond donors (Lipinski definition) is 1. The summed E-state index contributed by atoms with van der Waals surface area (Å²) >= 11 is 0. The van der Waals surface area contributed by atoms with Gasteiger partial charge in [0.05, 0.1) is 6.61 Å². The van der Waals surface area contributed by atoms with Crippen LogP contribution < -0.4 is 10.5 Å². The summed E-state index contributed by atoms with van der Waals surface area (Å²) < 4.78 is 5.47. The number of likely N-dealkylation sites (N-methyl/N-ethyl adjacent to an activating group) is 1. The molecule has 1 saturated heterocycles. The number of hydrogen-bond acceptors (Lipinski definition) is 4. The summed E-state index contributed by atoms with van der Waals surface area (Å²) in [4.78, 5) is 4.84. The molecule has 4 heteroatoms. The Morgan fingerprint density at radius 2 is 2.00 bits per heavy atom. The molecule has 0 radical (unpaired) electrons. The van der Waals surface area contributed by atoms with E-state index in [0.29, 0.717) is 12.6 Å². The summed E-state index contributed by atoms with van der Waals surface area (Å²) in [6, 6.07) is 8.86. The zero-order valence-corrected chi connectivity index (χ0v) is 12.0. The fourth-order valence-electron chi connectivity index (χ4n) is 2.57. The van der Waals surface area contributed by atoms with Crippen LogP contribution in [0, 0.1) is 0 Å². The van der Waals surface area contributed by atoms with Crippen LogP contribution in [0.4, 0.5) is 0 Å². The predicted molar refractivity (Wildman–Crippen MR) is 78.4 cm³/mol. The Morgan fingerprint density at radius 1 is 1.26 bits per heavy atom. The van der Waals surface area contributed by atoms with Crippen LogP contribution in [0.2, 0.25) is 0 Å². The quantitative estimate of drug-likeness (QED) is 0.865. The van der Waals surface area contributed by atoms with Crippen molar-refractivity contribution in [2.75, 3.05) is 39.8 Å². The smallest absolute Gasteiger partial charge is 0.119 e. The Hall–Kier alpha value is -1.10. The van der Waals surface area contributed by atoms with Crippen LogP contribution in [-0.4, -0.2) is 55.7 Å². The molecule has 1 aromatic rings. The average molecular weight is 263 g/mol. The van der Waals surface area contributed by atoms with E-state index in [4.69, 9.17) is 10.5 Å². The van der Waals surface area contributed by atoms with Crippen molar-refractivity contribution in [3.05, 3.63) is 29.8 Å². The molecular weight excluding hydrogens is 238 g/mol. The monoisotopic (exact) mass is 263 g/mol. The second kappa shape index (κ2) is 6.89. The fraction of sp³-hybridized carbons (Fsp3) is 0.600. The molecule has 0 amide bonds. The van der Waals surface area contributed by atoms with Crippen LogP contribution in [0.3, 0.4) is 0 Å². The Kier molecular flexibility index (Phi) is 5.19. The third-order valence-electron chi connectivity index (χ3n) is 3.70. The van der Waals surface area contributed by atoms with Crippen molar-refractivity contribution in [1.82, 2.24) is 9.80 Å². The predicted octanol–water partition coefficient (Wildman–Crippen LogP) is 1.16. The standard InChI is InChI=1S/C15H25N3O/c1-3-19-15-6-4-13(5-7-15)11-18-9-8-17(2)12-14(18)10-16/h4-7,14H,3,8-12,16H2,1-2H3. The van der Waals surface area contributed by atoms with E-state index in [-0.39, 0.29) is 0 Å². The van der Waals surface area contributed by atoms with Crippen molar-refractivity contribution < 1.29 is 4.74 Å². The van der Waals surface area contributed by atoms with Gasteiger partial charge in [-0.05, 0) is 31.7 Å². The van der Waals surface area contributed by atoms with Crippen molar-refractivity contribution in [2.24, 2.45) is 5.73 Å². The molecule has 2 N–H and O–H groups in total. The molecule has 1 atom stereocenters. The Balaban J connectivity index is 1.95. The number of ether oxygens (including phenoxy) is 1. The molecule has 1 fully saturated rings. The fourth-order valence-corrected chi connectivity index (χ4v) is 2.57. The largest absolute Gasteiger partial charge is 0.494 e. The van der Waals surface area contributed by atoms with Gasteiger partial charge >= 0.3 is 0 Å². The molecule has 1 aromatic carbocycles. The molecule has 106 valence electrons. The Morgan fingerprint density at radius 3 is 2.63 bits per heavy atom. The van der Waals surface area contributed by atoms with Crippen LogP contribution in [0.15, 0.2) is 24.3 Å². The normalized spacial score (nSPS) is 21.5. The van der Waals surface area contributed by atoms with Gasteiger partial charge < -0.3 is 15.4 Å². The lowest BCUT2D eigenvalue weighted by atomic mass is 10.1. The maximum absolute atomic E-state index is 5.88. The molecule has 2 rings (SSSR count). The van der Waals surface area contributed by atoms with Crippen molar-refractivity contribution in [1.29, 1.82) is 0 Å². The lowest BCUT2D eigenvalue weighted by Gasteiger charge is -2.39. The first kappa shape index (κ1) is 14.3. The third-order valence-corrected chi connectivity index (χ3v) is 3.70. The number of nitrogens with zero attached hydrogens (tertiary/aromatic N) is 2. The minimum Gasteiger partial charge on any atom is -0.494 e. The van der Waals surface area contributed by atoms with E-state index in [1.54, 1.807) is 0 Å². The van der Waals surface area contributed by atoms with E-state index < -0.39 is 0 Å². The molecule has 1 aliphatic rings. The van der Waals surface area contributed by atoms with Gasteiger partial charge in [-0.2, -0.15) is 0 Å². The van der Waals surface area contributed by atoms with Gasteiger partial charge in [0.15, 0.2) is 0 Å². The zero-order valence-electron chi connectivity index (χ0n) is 12.0. The van der Waals surface area contributed by atoms with Crippen molar-refractivity contribution in [3.63, 3.8) is 0 Å². The molecule has 1 heterocycles. The molecule has 0 aliphatic carbocycles. The molecule has 1 aliphatic heterocycles. The van der Waals surface area contributed by atoms with Crippen LogP contribution >= 0.6 is 0 Å². The molecule has 0 saturated carbocycles. The highest BCUT2D eigenvalue weighted by Gasteiger charge is 2.23. The minimum absolute atomic E-state index is 0.463. The highest BCUT2D eigenvalue weighted by atomic mass is 16.5. The maximum atomic E-state index is 5.88. The maximum Gasteiger partial charge on any atom is 0.119 e. The van der Waals surface area contributed by atoms with E-state index in [2.05, 4.69) is 29.0 Å². The van der Waals surface area contributed by atoms with E-state index >= 15 is 0 Å². The lowest BCUT2D eigenvalue weighted by molar-refractivity contribution is 0.0881. The minimum atomic E-state index is 0.463. The van der Waals surface area contributed by atoms with E-state index in [9.17, 15) is 0 Å². The van der Waals surface area contributed by atoms with E-state index in [1.807, 2.05) is 19.1 Å². The van der Waals surface area contributed by atoms with E-state index in [0.717, 1.165) is 38.5 Å². The molecule has 0 aromatic heterocycles. The number of nitrogens with two attached hydrogens (primary N) is 1. The van der Waals surface area contributed by atoms with Crippen molar-refractivity contribution in [2.45, 2.75) is 19.5 Å². The summed E-state index contributed by atoms with van der Waals surface area (Å²) in [6.07, 6.45) is 0. The summed E-state index contributed by atoms with van der Waals surface area (Å²) in [7, 11) is 2.16. The topological polar surface area (TPSA) is 41.7 Å². The van der Waals surface area contributed by atoms with Crippen LogP contribution in [0.5, 0.6) is 5.75 Å². The van der Waals surface area contributed by atoms with Crippen molar-refractivity contribution in [3.8, 4) is 5.75 Å². The second-order valence-electron chi connectivity index (χ2n) is 5.20. The highest BCUT2D eigenvalue weighted by Crippen LogP contribution is 2.16. The lowest BCUT2D eigenvalue weighted by Crippen LogP contribution is -2.54. The molecule has 0 spiro atoms. The molecule has 1 unspecified atom stereocenters. The van der Waals surface area contributed by atoms with Gasteiger partial charge in [-0.3, -0.25) is 4.90 Å². The Bertz CT molecular complexity index is 379. The summed E-state index contributed by atoms with van der Waals surface area (Å²) in [5.41, 5.74) is 7.21. The van der Waals surface area contributed by atoms with Crippen LogP contribution in [0.1, 0.15) is 12.5 Å². The van der Waals surface area contributed by atoms with Gasteiger partial charge in [0.25, 0.3) is 0 Å². The SMILES string of the molecule is CCOc1ccc(CN2CCN(C)CC2CN)cc1. The molecular formula is C15H25N3O. The molecule has 4 nitrogen and oxygen atoms in total. The zero-order chi connectivity index (χ0) is 13.7. The molecule has 19 heavy (non-hydrogen) atoms.